The van der Waals surface area contributed by atoms with Gasteiger partial charge in [0.1, 0.15) is 11.5 Å². The number of carbonyl (C=O) groups is 1. The molecular weight excluding hydrogens is 448 g/mol. The highest BCUT2D eigenvalue weighted by Gasteiger charge is 2.13. The van der Waals surface area contributed by atoms with Gasteiger partial charge in [0.25, 0.3) is 0 Å². The zero-order valence-corrected chi connectivity index (χ0v) is 21.2. The predicted octanol–water partition coefficient (Wildman–Crippen LogP) is 5.82. The Labute approximate surface area is 209 Å². The quantitative estimate of drug-likeness (QED) is 0.203. The van der Waals surface area contributed by atoms with E-state index in [1.54, 1.807) is 49.6 Å². The van der Waals surface area contributed by atoms with Crippen LogP contribution in [0.15, 0.2) is 48.5 Å². The summed E-state index contributed by atoms with van der Waals surface area (Å²) in [5.74, 6) is 1.15. The summed E-state index contributed by atoms with van der Waals surface area (Å²) in [5, 5.41) is 0.671. The normalized spacial score (nSPS) is 15.0. The second-order valence-corrected chi connectivity index (χ2v) is 9.31. The van der Waals surface area contributed by atoms with Crippen molar-refractivity contribution in [1.82, 2.24) is 9.80 Å². The topological polar surface area (TPSA) is 42.0 Å². The summed E-state index contributed by atoms with van der Waals surface area (Å²) in [6, 6.07) is 12.7. The summed E-state index contributed by atoms with van der Waals surface area (Å²) >= 11 is 5.93. The van der Waals surface area contributed by atoms with E-state index in [9.17, 15) is 4.79 Å². The van der Waals surface area contributed by atoms with Gasteiger partial charge < -0.3 is 19.3 Å². The summed E-state index contributed by atoms with van der Waals surface area (Å²) in [6.45, 7) is 6.56. The molecule has 0 unspecified atom stereocenters. The number of hydrogen-bond acceptors (Lipinski definition) is 5. The molecule has 3 rings (SSSR count). The number of methoxy groups -OCH3 is 1. The lowest BCUT2D eigenvalue weighted by atomic mass is 10.1. The number of halogens is 1. The highest BCUT2D eigenvalue weighted by atomic mass is 35.5. The minimum absolute atomic E-state index is 0.100. The van der Waals surface area contributed by atoms with Gasteiger partial charge in [-0.1, -0.05) is 49.1 Å². The van der Waals surface area contributed by atoms with Crippen molar-refractivity contribution in [3.63, 3.8) is 0 Å². The van der Waals surface area contributed by atoms with Crippen molar-refractivity contribution < 1.29 is 14.3 Å². The first-order valence-electron chi connectivity index (χ1n) is 12.2. The van der Waals surface area contributed by atoms with Gasteiger partial charge in [-0.15, -0.1) is 0 Å². The van der Waals surface area contributed by atoms with Gasteiger partial charge in [-0.3, -0.25) is 4.79 Å². The Bertz CT molecular complexity index is 922. The minimum Gasteiger partial charge on any atom is -0.497 e. The average molecular weight is 485 g/mol. The summed E-state index contributed by atoms with van der Waals surface area (Å²) < 4.78 is 11.3. The Morgan fingerprint density at radius 2 is 1.68 bits per heavy atom. The molecule has 0 bridgehead atoms. The van der Waals surface area contributed by atoms with Crippen molar-refractivity contribution in [3.8, 4) is 11.5 Å². The van der Waals surface area contributed by atoms with Gasteiger partial charge in [0, 0.05) is 37.3 Å². The van der Waals surface area contributed by atoms with Crippen LogP contribution in [-0.2, 0) is 0 Å². The number of benzene rings is 2. The van der Waals surface area contributed by atoms with E-state index >= 15 is 0 Å². The molecule has 6 heteroatoms. The Kier molecular flexibility index (Phi) is 10.9. The fourth-order valence-electron chi connectivity index (χ4n) is 4.01. The van der Waals surface area contributed by atoms with Gasteiger partial charge in [0.05, 0.1) is 19.3 Å². The van der Waals surface area contributed by atoms with Crippen molar-refractivity contribution in [1.29, 1.82) is 0 Å². The molecule has 5 nitrogen and oxygen atoms in total. The highest BCUT2D eigenvalue weighted by molar-refractivity contribution is 6.30. The van der Waals surface area contributed by atoms with E-state index in [0.29, 0.717) is 28.7 Å². The van der Waals surface area contributed by atoms with Crippen molar-refractivity contribution in [2.45, 2.75) is 32.1 Å². The van der Waals surface area contributed by atoms with Crippen LogP contribution in [0.25, 0.3) is 6.08 Å². The maximum Gasteiger partial charge on any atom is 0.189 e. The molecule has 0 aromatic heterocycles. The maximum absolute atomic E-state index is 12.8. The number of ketones is 1. The maximum atomic E-state index is 12.8. The number of allylic oxidation sites excluding steroid dienone is 1. The van der Waals surface area contributed by atoms with Gasteiger partial charge >= 0.3 is 0 Å². The predicted molar refractivity (Wildman–Crippen MR) is 140 cm³/mol. The highest BCUT2D eigenvalue weighted by Crippen LogP contribution is 2.26. The second kappa shape index (κ2) is 14.1. The van der Waals surface area contributed by atoms with Crippen LogP contribution >= 0.6 is 11.6 Å². The van der Waals surface area contributed by atoms with Crippen LogP contribution < -0.4 is 9.47 Å². The molecule has 0 radical (unpaired) electrons. The molecule has 1 fully saturated rings. The van der Waals surface area contributed by atoms with Gasteiger partial charge in [0.15, 0.2) is 5.78 Å². The Hall–Kier alpha value is -2.34. The van der Waals surface area contributed by atoms with Gasteiger partial charge in [0.2, 0.25) is 0 Å². The molecule has 0 amide bonds. The van der Waals surface area contributed by atoms with E-state index < -0.39 is 0 Å². The van der Waals surface area contributed by atoms with E-state index in [-0.39, 0.29) is 5.78 Å². The number of likely N-dealkylation sites (N-methyl/N-ethyl adjacent to an activating group) is 1. The summed E-state index contributed by atoms with van der Waals surface area (Å²) in [7, 11) is 3.81. The van der Waals surface area contributed by atoms with Gasteiger partial charge in [-0.2, -0.15) is 0 Å². The zero-order chi connectivity index (χ0) is 24.2. The molecule has 0 N–H and O–H groups in total. The first-order chi connectivity index (χ1) is 16.5. The largest absolute Gasteiger partial charge is 0.497 e. The van der Waals surface area contributed by atoms with Crippen molar-refractivity contribution in [2.75, 3.05) is 53.5 Å². The summed E-state index contributed by atoms with van der Waals surface area (Å²) in [4.78, 5) is 17.8. The smallest absolute Gasteiger partial charge is 0.189 e. The van der Waals surface area contributed by atoms with Crippen LogP contribution in [0.4, 0.5) is 0 Å². The first-order valence-corrected chi connectivity index (χ1v) is 12.6. The van der Waals surface area contributed by atoms with Crippen LogP contribution in [0.3, 0.4) is 0 Å². The van der Waals surface area contributed by atoms with E-state index in [4.69, 9.17) is 21.1 Å². The summed E-state index contributed by atoms with van der Waals surface area (Å²) in [6.07, 6.45) is 9.19. The fraction of sp³-hybridized carbons (Fsp3) is 0.464. The molecule has 0 atom stereocenters. The number of carbonyl (C=O) groups excluding carboxylic acids is 1. The molecule has 34 heavy (non-hydrogen) atoms. The number of unbranched alkanes of at least 4 members (excludes halogenated alkanes) is 4. The van der Waals surface area contributed by atoms with Crippen LogP contribution in [0, 0.1) is 0 Å². The molecule has 1 aliphatic heterocycles. The number of hydrogen-bond donors (Lipinski definition) is 0. The third kappa shape index (κ3) is 8.79. The van der Waals surface area contributed by atoms with Crippen molar-refractivity contribution in [2.24, 2.45) is 0 Å². The summed E-state index contributed by atoms with van der Waals surface area (Å²) in [5.41, 5.74) is 1.46. The Morgan fingerprint density at radius 3 is 2.41 bits per heavy atom. The SMILES string of the molecule is COc1ccc(C(=O)C=Cc2ccc(Cl)cc2)c(OCCCCCCCN2CCN(C)CC2)c1. The fourth-order valence-corrected chi connectivity index (χ4v) is 4.14. The molecular formula is C28H37ClN2O3. The number of rotatable bonds is 13. The van der Waals surface area contributed by atoms with E-state index in [0.717, 1.165) is 18.4 Å². The van der Waals surface area contributed by atoms with E-state index in [2.05, 4.69) is 16.8 Å². The molecule has 0 spiro atoms. The third-order valence-corrected chi connectivity index (χ3v) is 6.48. The molecule has 0 saturated carbocycles. The number of piperazine rings is 1. The van der Waals surface area contributed by atoms with Crippen LogP contribution in [-0.4, -0.2) is 69.1 Å². The molecule has 1 saturated heterocycles. The monoisotopic (exact) mass is 484 g/mol. The zero-order valence-electron chi connectivity index (χ0n) is 20.5. The lowest BCUT2D eigenvalue weighted by Crippen LogP contribution is -2.44. The first kappa shape index (κ1) is 26.3. The lowest BCUT2D eigenvalue weighted by Gasteiger charge is -2.32. The lowest BCUT2D eigenvalue weighted by molar-refractivity contribution is 0.104. The van der Waals surface area contributed by atoms with Crippen LogP contribution in [0.5, 0.6) is 11.5 Å². The standard InChI is InChI=1S/C28H37ClN2O3/c1-30-17-19-31(20-18-30)16-6-4-3-5-7-21-34-28-22-25(33-2)13-14-26(28)27(32)15-10-23-8-11-24(29)12-9-23/h8-15,22H,3-7,16-21H2,1-2H3. The number of nitrogens with zero attached hydrogens (tertiary/aromatic N) is 2. The third-order valence-electron chi connectivity index (χ3n) is 6.22. The molecule has 1 aliphatic rings. The van der Waals surface area contributed by atoms with E-state index in [1.807, 2.05) is 12.1 Å². The second-order valence-electron chi connectivity index (χ2n) is 8.87. The minimum atomic E-state index is -0.100. The van der Waals surface area contributed by atoms with Gasteiger partial charge in [-0.25, -0.2) is 0 Å². The van der Waals surface area contributed by atoms with Crippen molar-refractivity contribution >= 4 is 23.5 Å². The molecule has 1 heterocycles. The molecule has 2 aromatic carbocycles. The average Bonchev–Trinajstić information content (AvgIpc) is 2.86. The van der Waals surface area contributed by atoms with Crippen molar-refractivity contribution in [3.05, 3.63) is 64.7 Å². The van der Waals surface area contributed by atoms with E-state index in [1.165, 1.54) is 52.0 Å². The Morgan fingerprint density at radius 1 is 0.971 bits per heavy atom. The van der Waals surface area contributed by atoms with Crippen LogP contribution in [0.2, 0.25) is 5.02 Å². The van der Waals surface area contributed by atoms with Gasteiger partial charge in [-0.05, 0) is 62.3 Å². The Balaban J connectivity index is 1.41. The number of ether oxygens (including phenoxy) is 2. The molecule has 0 aliphatic carbocycles. The molecule has 2 aromatic rings. The molecule has 184 valence electrons. The van der Waals surface area contributed by atoms with Crippen LogP contribution in [0.1, 0.15) is 48.0 Å².